The highest BCUT2D eigenvalue weighted by Crippen LogP contribution is 2.23. The summed E-state index contributed by atoms with van der Waals surface area (Å²) in [6.45, 7) is 6.86. The Kier molecular flexibility index (Phi) is 5.94. The first-order valence-electron chi connectivity index (χ1n) is 7.91. The van der Waals surface area contributed by atoms with Crippen molar-refractivity contribution in [3.8, 4) is 0 Å². The van der Waals surface area contributed by atoms with Crippen molar-refractivity contribution >= 4 is 0 Å². The molecule has 1 aromatic carbocycles. The van der Waals surface area contributed by atoms with Gasteiger partial charge in [0.1, 0.15) is 0 Å². The van der Waals surface area contributed by atoms with Crippen LogP contribution in [0, 0.1) is 5.92 Å². The molecule has 0 radical (unpaired) electrons. The molecule has 21 heavy (non-hydrogen) atoms. The zero-order valence-electron chi connectivity index (χ0n) is 13.3. The Morgan fingerprint density at radius 3 is 2.19 bits per heavy atom. The molecule has 0 spiro atoms. The van der Waals surface area contributed by atoms with Crippen LogP contribution in [-0.4, -0.2) is 11.0 Å². The van der Waals surface area contributed by atoms with Crippen molar-refractivity contribution in [3.63, 3.8) is 0 Å². The summed E-state index contributed by atoms with van der Waals surface area (Å²) in [6.07, 6.45) is 6.17. The van der Waals surface area contributed by atoms with Gasteiger partial charge in [0.05, 0.1) is 6.04 Å². The predicted molar refractivity (Wildman–Crippen MR) is 89.2 cm³/mol. The van der Waals surface area contributed by atoms with Gasteiger partial charge in [0, 0.05) is 18.4 Å². The van der Waals surface area contributed by atoms with Crippen LogP contribution in [0.4, 0.5) is 0 Å². The van der Waals surface area contributed by atoms with E-state index in [2.05, 4.69) is 73.5 Å². The van der Waals surface area contributed by atoms with Crippen LogP contribution in [0.5, 0.6) is 0 Å². The van der Waals surface area contributed by atoms with Gasteiger partial charge in [-0.15, -0.1) is 0 Å². The fourth-order valence-corrected chi connectivity index (χ4v) is 2.71. The first kappa shape index (κ1) is 15.7. The third-order valence-corrected chi connectivity index (χ3v) is 4.08. The van der Waals surface area contributed by atoms with Crippen molar-refractivity contribution < 1.29 is 0 Å². The number of rotatable bonds is 7. The standard InChI is InChI=1S/C19H26N2/c1-4-15(2)14-16(3)21-19(17-8-6-5-7-9-17)18-10-12-20-13-11-18/h5-13,15-16,19,21H,4,14H2,1-3H3. The Bertz CT molecular complexity index is 470. The summed E-state index contributed by atoms with van der Waals surface area (Å²) in [5, 5.41) is 3.79. The zero-order valence-corrected chi connectivity index (χ0v) is 13.3. The van der Waals surface area contributed by atoms with Gasteiger partial charge in [-0.25, -0.2) is 0 Å². The van der Waals surface area contributed by atoms with Crippen LogP contribution in [0.15, 0.2) is 54.9 Å². The minimum Gasteiger partial charge on any atom is -0.304 e. The molecule has 2 heteroatoms. The Morgan fingerprint density at radius 2 is 1.57 bits per heavy atom. The van der Waals surface area contributed by atoms with Crippen molar-refractivity contribution in [1.82, 2.24) is 10.3 Å². The number of hydrogen-bond acceptors (Lipinski definition) is 2. The van der Waals surface area contributed by atoms with Gasteiger partial charge in [0.25, 0.3) is 0 Å². The maximum Gasteiger partial charge on any atom is 0.0579 e. The molecule has 0 saturated heterocycles. The average molecular weight is 282 g/mol. The van der Waals surface area contributed by atoms with E-state index < -0.39 is 0 Å². The molecule has 0 saturated carbocycles. The van der Waals surface area contributed by atoms with Gasteiger partial charge in [-0.3, -0.25) is 4.98 Å². The minimum absolute atomic E-state index is 0.230. The second-order valence-corrected chi connectivity index (χ2v) is 5.94. The molecule has 0 aliphatic heterocycles. The largest absolute Gasteiger partial charge is 0.304 e. The van der Waals surface area contributed by atoms with E-state index in [1.54, 1.807) is 0 Å². The third-order valence-electron chi connectivity index (χ3n) is 4.08. The molecule has 2 rings (SSSR count). The Hall–Kier alpha value is -1.67. The number of aromatic nitrogens is 1. The number of hydrogen-bond donors (Lipinski definition) is 1. The molecule has 0 aliphatic carbocycles. The van der Waals surface area contributed by atoms with Crippen molar-refractivity contribution in [1.29, 1.82) is 0 Å². The molecule has 1 aromatic heterocycles. The molecular weight excluding hydrogens is 256 g/mol. The van der Waals surface area contributed by atoms with E-state index in [0.29, 0.717) is 6.04 Å². The lowest BCUT2D eigenvalue weighted by Crippen LogP contribution is -2.32. The van der Waals surface area contributed by atoms with Crippen LogP contribution in [0.1, 0.15) is 50.8 Å². The normalized spacial score (nSPS) is 15.4. The molecule has 0 fully saturated rings. The first-order chi connectivity index (χ1) is 10.2. The van der Waals surface area contributed by atoms with Crippen molar-refractivity contribution in [3.05, 3.63) is 66.0 Å². The van der Waals surface area contributed by atoms with Gasteiger partial charge in [-0.1, -0.05) is 50.6 Å². The van der Waals surface area contributed by atoms with Crippen LogP contribution in [0.2, 0.25) is 0 Å². The summed E-state index contributed by atoms with van der Waals surface area (Å²) < 4.78 is 0. The lowest BCUT2D eigenvalue weighted by Gasteiger charge is -2.26. The molecular formula is C19H26N2. The highest BCUT2D eigenvalue weighted by atomic mass is 14.9. The van der Waals surface area contributed by atoms with Crippen LogP contribution in [0.25, 0.3) is 0 Å². The molecule has 0 amide bonds. The fraction of sp³-hybridized carbons (Fsp3) is 0.421. The summed E-state index contributed by atoms with van der Waals surface area (Å²) in [6, 6.07) is 15.6. The summed E-state index contributed by atoms with van der Waals surface area (Å²) in [5.41, 5.74) is 2.58. The van der Waals surface area contributed by atoms with Gasteiger partial charge < -0.3 is 5.32 Å². The van der Waals surface area contributed by atoms with Gasteiger partial charge in [-0.2, -0.15) is 0 Å². The van der Waals surface area contributed by atoms with Crippen LogP contribution >= 0.6 is 0 Å². The number of pyridine rings is 1. The van der Waals surface area contributed by atoms with Crippen molar-refractivity contribution in [2.45, 2.75) is 45.7 Å². The quantitative estimate of drug-likeness (QED) is 0.803. The van der Waals surface area contributed by atoms with Crippen LogP contribution in [-0.2, 0) is 0 Å². The van der Waals surface area contributed by atoms with E-state index >= 15 is 0 Å². The van der Waals surface area contributed by atoms with Crippen LogP contribution in [0.3, 0.4) is 0 Å². The van der Waals surface area contributed by atoms with E-state index in [0.717, 1.165) is 5.92 Å². The molecule has 0 bridgehead atoms. The minimum atomic E-state index is 0.230. The van der Waals surface area contributed by atoms with Gasteiger partial charge in [0.2, 0.25) is 0 Å². The summed E-state index contributed by atoms with van der Waals surface area (Å²) in [5.74, 6) is 0.751. The van der Waals surface area contributed by atoms with E-state index in [1.807, 2.05) is 12.4 Å². The monoisotopic (exact) mass is 282 g/mol. The molecule has 1 N–H and O–H groups in total. The van der Waals surface area contributed by atoms with E-state index in [1.165, 1.54) is 24.0 Å². The molecule has 0 aliphatic rings. The smallest absolute Gasteiger partial charge is 0.0579 e. The van der Waals surface area contributed by atoms with Gasteiger partial charge >= 0.3 is 0 Å². The molecule has 1 heterocycles. The van der Waals surface area contributed by atoms with Crippen LogP contribution < -0.4 is 5.32 Å². The topological polar surface area (TPSA) is 24.9 Å². The fourth-order valence-electron chi connectivity index (χ4n) is 2.71. The average Bonchev–Trinajstić information content (AvgIpc) is 2.54. The molecule has 2 nitrogen and oxygen atoms in total. The maximum absolute atomic E-state index is 4.13. The maximum atomic E-state index is 4.13. The Morgan fingerprint density at radius 1 is 0.952 bits per heavy atom. The molecule has 3 unspecified atom stereocenters. The van der Waals surface area contributed by atoms with Crippen molar-refractivity contribution in [2.75, 3.05) is 0 Å². The van der Waals surface area contributed by atoms with E-state index in [9.17, 15) is 0 Å². The highest BCUT2D eigenvalue weighted by molar-refractivity contribution is 5.30. The summed E-state index contributed by atoms with van der Waals surface area (Å²) >= 11 is 0. The third kappa shape index (κ3) is 4.68. The summed E-state index contributed by atoms with van der Waals surface area (Å²) in [7, 11) is 0. The highest BCUT2D eigenvalue weighted by Gasteiger charge is 2.17. The van der Waals surface area contributed by atoms with Gasteiger partial charge in [-0.05, 0) is 42.5 Å². The zero-order chi connectivity index (χ0) is 15.1. The molecule has 2 aromatic rings. The lowest BCUT2D eigenvalue weighted by atomic mass is 9.95. The predicted octanol–water partition coefficient (Wildman–Crippen LogP) is 4.59. The molecule has 3 atom stereocenters. The Balaban J connectivity index is 2.17. The van der Waals surface area contributed by atoms with E-state index in [4.69, 9.17) is 0 Å². The van der Waals surface area contributed by atoms with Gasteiger partial charge in [0.15, 0.2) is 0 Å². The molecule has 112 valence electrons. The lowest BCUT2D eigenvalue weighted by molar-refractivity contribution is 0.393. The second-order valence-electron chi connectivity index (χ2n) is 5.94. The Labute approximate surface area is 128 Å². The number of nitrogens with zero attached hydrogens (tertiary/aromatic N) is 1. The second kappa shape index (κ2) is 7.94. The number of nitrogens with one attached hydrogen (secondary N) is 1. The summed E-state index contributed by atoms with van der Waals surface area (Å²) in [4.78, 5) is 4.13. The number of benzene rings is 1. The SMILES string of the molecule is CCC(C)CC(C)NC(c1ccccc1)c1ccncc1. The van der Waals surface area contributed by atoms with Crippen molar-refractivity contribution in [2.24, 2.45) is 5.92 Å². The van der Waals surface area contributed by atoms with E-state index in [-0.39, 0.29) is 6.04 Å². The first-order valence-corrected chi connectivity index (χ1v) is 7.91.